The second-order valence-electron chi connectivity index (χ2n) is 4.53. The molecule has 1 heterocycles. The second kappa shape index (κ2) is 5.73. The number of hydrogen-bond acceptors (Lipinski definition) is 3. The second-order valence-corrected chi connectivity index (χ2v) is 4.53. The smallest absolute Gasteiger partial charge is 0.253 e. The molecule has 5 nitrogen and oxygen atoms in total. The van der Waals surface area contributed by atoms with Gasteiger partial charge in [-0.05, 0) is 24.3 Å². The van der Waals surface area contributed by atoms with Crippen molar-refractivity contribution in [3.63, 3.8) is 0 Å². The molecule has 2 amide bonds. The summed E-state index contributed by atoms with van der Waals surface area (Å²) in [5.41, 5.74) is 0.650. The summed E-state index contributed by atoms with van der Waals surface area (Å²) in [5, 5.41) is 0. The maximum atomic E-state index is 12.3. The van der Waals surface area contributed by atoms with Crippen LogP contribution in [0.3, 0.4) is 0 Å². The van der Waals surface area contributed by atoms with Crippen LogP contribution in [0.15, 0.2) is 24.3 Å². The highest BCUT2D eigenvalue weighted by molar-refractivity contribution is 5.94. The van der Waals surface area contributed by atoms with E-state index >= 15 is 0 Å². The van der Waals surface area contributed by atoms with Gasteiger partial charge < -0.3 is 14.5 Å². The molecule has 0 N–H and O–H groups in total. The Morgan fingerprint density at radius 2 is 1.53 bits per heavy atom. The van der Waals surface area contributed by atoms with Crippen molar-refractivity contribution < 1.29 is 14.3 Å². The van der Waals surface area contributed by atoms with Gasteiger partial charge in [0.15, 0.2) is 0 Å². The predicted molar refractivity (Wildman–Crippen MR) is 71.2 cm³/mol. The van der Waals surface area contributed by atoms with Crippen molar-refractivity contribution in [2.24, 2.45) is 0 Å². The molecule has 0 spiro atoms. The summed E-state index contributed by atoms with van der Waals surface area (Å²) in [7, 11) is 1.60. The molecule has 0 unspecified atom stereocenters. The summed E-state index contributed by atoms with van der Waals surface area (Å²) in [6.07, 6.45) is 0. The number of benzene rings is 1. The first-order valence-electron chi connectivity index (χ1n) is 6.30. The number of carbonyl (C=O) groups excluding carboxylic acids is 2. The van der Waals surface area contributed by atoms with Crippen molar-refractivity contribution >= 4 is 11.8 Å². The van der Waals surface area contributed by atoms with Crippen LogP contribution in [0.25, 0.3) is 0 Å². The zero-order valence-electron chi connectivity index (χ0n) is 11.3. The van der Waals surface area contributed by atoms with Gasteiger partial charge in [-0.3, -0.25) is 9.59 Å². The number of rotatable bonds is 2. The third-order valence-electron chi connectivity index (χ3n) is 3.35. The van der Waals surface area contributed by atoms with Gasteiger partial charge in [0.05, 0.1) is 7.11 Å². The minimum Gasteiger partial charge on any atom is -0.497 e. The molecular formula is C14H18N2O3. The zero-order chi connectivity index (χ0) is 13.8. The lowest BCUT2D eigenvalue weighted by atomic mass is 10.1. The van der Waals surface area contributed by atoms with E-state index in [-0.39, 0.29) is 11.8 Å². The van der Waals surface area contributed by atoms with Crippen LogP contribution in [-0.2, 0) is 4.79 Å². The molecule has 5 heteroatoms. The highest BCUT2D eigenvalue weighted by atomic mass is 16.5. The summed E-state index contributed by atoms with van der Waals surface area (Å²) in [6, 6.07) is 7.08. The van der Waals surface area contributed by atoms with Crippen molar-refractivity contribution in [2.75, 3.05) is 33.3 Å². The molecule has 0 aromatic heterocycles. The molecule has 1 fully saturated rings. The maximum absolute atomic E-state index is 12.3. The summed E-state index contributed by atoms with van der Waals surface area (Å²) in [4.78, 5) is 27.0. The fraction of sp³-hybridized carbons (Fsp3) is 0.429. The Kier molecular flexibility index (Phi) is 4.04. The molecule has 0 bridgehead atoms. The van der Waals surface area contributed by atoms with Gasteiger partial charge in [0, 0.05) is 38.7 Å². The van der Waals surface area contributed by atoms with E-state index < -0.39 is 0 Å². The van der Waals surface area contributed by atoms with E-state index in [1.54, 1.807) is 48.1 Å². The van der Waals surface area contributed by atoms with Crippen LogP contribution >= 0.6 is 0 Å². The first-order chi connectivity index (χ1) is 9.11. The normalized spacial score (nSPS) is 15.3. The number of ether oxygens (including phenoxy) is 1. The Morgan fingerprint density at radius 1 is 1.00 bits per heavy atom. The SMILES string of the molecule is COc1ccc(C(=O)N2CCN(C(C)=O)CC2)cc1. The van der Waals surface area contributed by atoms with Gasteiger partial charge in [0.25, 0.3) is 5.91 Å². The Hall–Kier alpha value is -2.04. The molecule has 0 radical (unpaired) electrons. The fourth-order valence-electron chi connectivity index (χ4n) is 2.14. The number of amides is 2. The van der Waals surface area contributed by atoms with E-state index in [0.29, 0.717) is 31.7 Å². The number of carbonyl (C=O) groups is 2. The van der Waals surface area contributed by atoms with Crippen LogP contribution in [0.4, 0.5) is 0 Å². The van der Waals surface area contributed by atoms with Crippen molar-refractivity contribution in [2.45, 2.75) is 6.92 Å². The molecule has 19 heavy (non-hydrogen) atoms. The number of methoxy groups -OCH3 is 1. The highest BCUT2D eigenvalue weighted by Crippen LogP contribution is 2.14. The first kappa shape index (κ1) is 13.4. The summed E-state index contributed by atoms with van der Waals surface area (Å²) >= 11 is 0. The fourth-order valence-corrected chi connectivity index (χ4v) is 2.14. The predicted octanol–water partition coefficient (Wildman–Crippen LogP) is 0.999. The van der Waals surface area contributed by atoms with E-state index in [4.69, 9.17) is 4.74 Å². The van der Waals surface area contributed by atoms with Crippen LogP contribution in [0.1, 0.15) is 17.3 Å². The van der Waals surface area contributed by atoms with Crippen LogP contribution in [0.2, 0.25) is 0 Å². The van der Waals surface area contributed by atoms with Gasteiger partial charge in [-0.25, -0.2) is 0 Å². The van der Waals surface area contributed by atoms with Crippen molar-refractivity contribution in [3.05, 3.63) is 29.8 Å². The van der Waals surface area contributed by atoms with E-state index in [0.717, 1.165) is 5.75 Å². The third-order valence-corrected chi connectivity index (χ3v) is 3.35. The maximum Gasteiger partial charge on any atom is 0.253 e. The highest BCUT2D eigenvalue weighted by Gasteiger charge is 2.23. The lowest BCUT2D eigenvalue weighted by Crippen LogP contribution is -2.50. The third kappa shape index (κ3) is 3.05. The molecule has 1 aromatic carbocycles. The standard InChI is InChI=1S/C14H18N2O3/c1-11(17)15-7-9-16(10-8-15)14(18)12-3-5-13(19-2)6-4-12/h3-6H,7-10H2,1-2H3. The van der Waals surface area contributed by atoms with Crippen LogP contribution < -0.4 is 4.74 Å². The summed E-state index contributed by atoms with van der Waals surface area (Å²) in [6.45, 7) is 3.95. The topological polar surface area (TPSA) is 49.9 Å². The van der Waals surface area contributed by atoms with Gasteiger partial charge in [-0.1, -0.05) is 0 Å². The quantitative estimate of drug-likeness (QED) is 0.799. The van der Waals surface area contributed by atoms with Gasteiger partial charge in [-0.2, -0.15) is 0 Å². The monoisotopic (exact) mass is 262 g/mol. The first-order valence-corrected chi connectivity index (χ1v) is 6.30. The Balaban J connectivity index is 1.98. The van der Waals surface area contributed by atoms with E-state index in [2.05, 4.69) is 0 Å². The van der Waals surface area contributed by atoms with Gasteiger partial charge >= 0.3 is 0 Å². The van der Waals surface area contributed by atoms with E-state index in [9.17, 15) is 9.59 Å². The molecule has 2 rings (SSSR count). The zero-order valence-corrected chi connectivity index (χ0v) is 11.3. The molecule has 102 valence electrons. The van der Waals surface area contributed by atoms with Crippen molar-refractivity contribution in [1.29, 1.82) is 0 Å². The molecular weight excluding hydrogens is 244 g/mol. The molecule has 0 saturated carbocycles. The van der Waals surface area contributed by atoms with Crippen LogP contribution in [0.5, 0.6) is 5.75 Å². The molecule has 1 aliphatic heterocycles. The van der Waals surface area contributed by atoms with Crippen LogP contribution in [-0.4, -0.2) is 54.9 Å². The Labute approximate surface area is 112 Å². The summed E-state index contributed by atoms with van der Waals surface area (Å²) < 4.78 is 5.07. The minimum absolute atomic E-state index is 0.00542. The molecule has 1 aromatic rings. The number of hydrogen-bond donors (Lipinski definition) is 0. The Morgan fingerprint density at radius 3 is 2.00 bits per heavy atom. The number of piperazine rings is 1. The largest absolute Gasteiger partial charge is 0.497 e. The lowest BCUT2D eigenvalue weighted by Gasteiger charge is -2.34. The Bertz CT molecular complexity index is 462. The minimum atomic E-state index is 0.00542. The van der Waals surface area contributed by atoms with Crippen molar-refractivity contribution in [3.8, 4) is 5.75 Å². The average Bonchev–Trinajstić information content (AvgIpc) is 2.46. The van der Waals surface area contributed by atoms with Gasteiger partial charge in [-0.15, -0.1) is 0 Å². The van der Waals surface area contributed by atoms with Crippen LogP contribution in [0, 0.1) is 0 Å². The van der Waals surface area contributed by atoms with Gasteiger partial charge in [0.1, 0.15) is 5.75 Å². The summed E-state index contributed by atoms with van der Waals surface area (Å²) in [5.74, 6) is 0.806. The van der Waals surface area contributed by atoms with Crippen molar-refractivity contribution in [1.82, 2.24) is 9.80 Å². The van der Waals surface area contributed by atoms with Gasteiger partial charge in [0.2, 0.25) is 5.91 Å². The number of nitrogens with zero attached hydrogens (tertiary/aromatic N) is 2. The molecule has 0 aliphatic carbocycles. The average molecular weight is 262 g/mol. The molecule has 1 saturated heterocycles. The lowest BCUT2D eigenvalue weighted by molar-refractivity contribution is -0.130. The molecule has 0 atom stereocenters. The van der Waals surface area contributed by atoms with E-state index in [1.165, 1.54) is 0 Å². The molecule has 1 aliphatic rings. The van der Waals surface area contributed by atoms with E-state index in [1.807, 2.05) is 0 Å².